The smallest absolute Gasteiger partial charge is 0.191 e. The Morgan fingerprint density at radius 2 is 2.04 bits per heavy atom. The largest absolute Gasteiger partial charge is 0.379 e. The molecule has 6 nitrogen and oxygen atoms in total. The van der Waals surface area contributed by atoms with Crippen LogP contribution in [0.1, 0.15) is 53.4 Å². The summed E-state index contributed by atoms with van der Waals surface area (Å²) in [6.07, 6.45) is 4.90. The normalized spacial score (nSPS) is 27.5. The van der Waals surface area contributed by atoms with Crippen LogP contribution in [0.25, 0.3) is 0 Å². The fourth-order valence-corrected chi connectivity index (χ4v) is 3.71. The Morgan fingerprint density at radius 3 is 2.73 bits per heavy atom. The van der Waals surface area contributed by atoms with Gasteiger partial charge >= 0.3 is 0 Å². The van der Waals surface area contributed by atoms with E-state index in [1.54, 1.807) is 0 Å². The van der Waals surface area contributed by atoms with Crippen LogP contribution in [0.2, 0.25) is 0 Å². The Balaban J connectivity index is 1.73. The third-order valence-electron chi connectivity index (χ3n) is 4.98. The molecule has 0 aromatic carbocycles. The van der Waals surface area contributed by atoms with Gasteiger partial charge in [0.15, 0.2) is 5.96 Å². The molecular formula is C20H39N3O3. The summed E-state index contributed by atoms with van der Waals surface area (Å²) in [6, 6.07) is 0. The predicted molar refractivity (Wildman–Crippen MR) is 106 cm³/mol. The molecule has 2 saturated heterocycles. The Kier molecular flexibility index (Phi) is 9.16. The van der Waals surface area contributed by atoms with E-state index in [0.29, 0.717) is 5.92 Å². The number of hydrogen-bond acceptors (Lipinski definition) is 4. The predicted octanol–water partition coefficient (Wildman–Crippen LogP) is 2.58. The molecule has 2 rings (SSSR count). The summed E-state index contributed by atoms with van der Waals surface area (Å²) in [4.78, 5) is 4.83. The summed E-state index contributed by atoms with van der Waals surface area (Å²) in [6.45, 7) is 14.7. The summed E-state index contributed by atoms with van der Waals surface area (Å²) < 4.78 is 17.2. The first kappa shape index (κ1) is 21.5. The minimum Gasteiger partial charge on any atom is -0.379 e. The Hall–Kier alpha value is -0.850. The molecule has 6 heteroatoms. The van der Waals surface area contributed by atoms with Gasteiger partial charge in [0.2, 0.25) is 0 Å². The van der Waals surface area contributed by atoms with Crippen molar-refractivity contribution in [1.82, 2.24) is 10.6 Å². The van der Waals surface area contributed by atoms with Gasteiger partial charge in [0.1, 0.15) is 0 Å². The van der Waals surface area contributed by atoms with Gasteiger partial charge in [-0.3, -0.25) is 4.99 Å². The van der Waals surface area contributed by atoms with E-state index in [4.69, 9.17) is 19.2 Å². The molecule has 0 spiro atoms. The second kappa shape index (κ2) is 11.1. The van der Waals surface area contributed by atoms with Crippen LogP contribution in [0.3, 0.4) is 0 Å². The average molecular weight is 370 g/mol. The first-order chi connectivity index (χ1) is 12.5. The van der Waals surface area contributed by atoms with Crippen molar-refractivity contribution in [3.05, 3.63) is 0 Å². The van der Waals surface area contributed by atoms with E-state index >= 15 is 0 Å². The van der Waals surface area contributed by atoms with Gasteiger partial charge in [-0.2, -0.15) is 0 Å². The molecule has 0 bridgehead atoms. The lowest BCUT2D eigenvalue weighted by molar-refractivity contribution is -0.0823. The van der Waals surface area contributed by atoms with E-state index in [9.17, 15) is 0 Å². The highest BCUT2D eigenvalue weighted by molar-refractivity contribution is 5.79. The highest BCUT2D eigenvalue weighted by Crippen LogP contribution is 2.34. The van der Waals surface area contributed by atoms with Gasteiger partial charge in [-0.05, 0) is 38.0 Å². The Bertz CT molecular complexity index is 417. The molecule has 0 aromatic rings. The maximum absolute atomic E-state index is 6.07. The van der Waals surface area contributed by atoms with Crippen molar-refractivity contribution in [2.45, 2.75) is 65.6 Å². The maximum atomic E-state index is 6.07. The standard InChI is InChI=1S/C20H39N3O3/c1-5-21-19(22-10-7-12-25-17-9-13-24-15-17)23-14-16-8-6-11-26-18(16)20(2,3)4/h16-18H,5-15H2,1-4H3,(H2,21,22,23). The molecule has 2 N–H and O–H groups in total. The third-order valence-corrected chi connectivity index (χ3v) is 4.98. The third kappa shape index (κ3) is 7.41. The number of guanidine groups is 1. The molecule has 2 aliphatic heterocycles. The first-order valence-corrected chi connectivity index (χ1v) is 10.3. The van der Waals surface area contributed by atoms with Crippen molar-refractivity contribution in [3.63, 3.8) is 0 Å². The topological polar surface area (TPSA) is 64.1 Å². The lowest BCUT2D eigenvalue weighted by Crippen LogP contribution is -2.43. The SMILES string of the molecule is CCNC(=NCC1CCCOC1C(C)(C)C)NCCCOC1CCOC1. The van der Waals surface area contributed by atoms with Gasteiger partial charge in [-0.1, -0.05) is 20.8 Å². The van der Waals surface area contributed by atoms with Gasteiger partial charge in [0.05, 0.1) is 18.8 Å². The van der Waals surface area contributed by atoms with Gasteiger partial charge in [-0.15, -0.1) is 0 Å². The summed E-state index contributed by atoms with van der Waals surface area (Å²) in [7, 11) is 0. The minimum atomic E-state index is 0.160. The fourth-order valence-electron chi connectivity index (χ4n) is 3.71. The molecule has 0 aliphatic carbocycles. The van der Waals surface area contributed by atoms with Crippen LogP contribution in [-0.4, -0.2) is 64.2 Å². The van der Waals surface area contributed by atoms with Gasteiger partial charge in [-0.25, -0.2) is 0 Å². The number of rotatable bonds is 8. The molecule has 2 aliphatic rings. The zero-order valence-corrected chi connectivity index (χ0v) is 17.2. The van der Waals surface area contributed by atoms with E-state index in [1.807, 2.05) is 0 Å². The fraction of sp³-hybridized carbons (Fsp3) is 0.950. The zero-order valence-electron chi connectivity index (χ0n) is 17.2. The van der Waals surface area contributed by atoms with Crippen LogP contribution in [0, 0.1) is 11.3 Å². The van der Waals surface area contributed by atoms with Crippen LogP contribution >= 0.6 is 0 Å². The summed E-state index contributed by atoms with van der Waals surface area (Å²) >= 11 is 0. The van der Waals surface area contributed by atoms with Gasteiger partial charge in [0, 0.05) is 45.4 Å². The second-order valence-electron chi connectivity index (χ2n) is 8.42. The zero-order chi connectivity index (χ0) is 18.8. The second-order valence-corrected chi connectivity index (χ2v) is 8.42. The molecule has 26 heavy (non-hydrogen) atoms. The van der Waals surface area contributed by atoms with Crippen LogP contribution < -0.4 is 10.6 Å². The molecule has 3 atom stereocenters. The van der Waals surface area contributed by atoms with Gasteiger partial charge in [0.25, 0.3) is 0 Å². The monoisotopic (exact) mass is 369 g/mol. The molecular weight excluding hydrogens is 330 g/mol. The van der Waals surface area contributed by atoms with Crippen molar-refractivity contribution in [3.8, 4) is 0 Å². The van der Waals surface area contributed by atoms with E-state index in [2.05, 4.69) is 38.3 Å². The Labute approximate surface area is 159 Å². The quantitative estimate of drug-likeness (QED) is 0.391. The molecule has 0 amide bonds. The van der Waals surface area contributed by atoms with E-state index < -0.39 is 0 Å². The highest BCUT2D eigenvalue weighted by Gasteiger charge is 2.35. The summed E-state index contributed by atoms with van der Waals surface area (Å²) in [5.74, 6) is 1.39. The highest BCUT2D eigenvalue weighted by atomic mass is 16.5. The molecule has 0 aromatic heterocycles. The Morgan fingerprint density at radius 1 is 1.19 bits per heavy atom. The number of nitrogens with one attached hydrogen (secondary N) is 2. The van der Waals surface area contributed by atoms with Gasteiger partial charge < -0.3 is 24.8 Å². The molecule has 3 unspecified atom stereocenters. The van der Waals surface area contributed by atoms with Crippen LogP contribution in [0.4, 0.5) is 0 Å². The lowest BCUT2D eigenvalue weighted by atomic mass is 9.78. The molecule has 2 heterocycles. The average Bonchev–Trinajstić information content (AvgIpc) is 3.12. The molecule has 152 valence electrons. The van der Waals surface area contributed by atoms with Crippen molar-refractivity contribution in [2.75, 3.05) is 46.1 Å². The number of ether oxygens (including phenoxy) is 3. The van der Waals surface area contributed by atoms with Crippen molar-refractivity contribution < 1.29 is 14.2 Å². The summed E-state index contributed by atoms with van der Waals surface area (Å²) in [5, 5.41) is 6.77. The molecule has 0 saturated carbocycles. The minimum absolute atomic E-state index is 0.160. The van der Waals surface area contributed by atoms with Crippen LogP contribution in [0.5, 0.6) is 0 Å². The van der Waals surface area contributed by atoms with E-state index in [0.717, 1.165) is 71.3 Å². The lowest BCUT2D eigenvalue weighted by Gasteiger charge is -2.39. The number of aliphatic imine (C=N–C) groups is 1. The first-order valence-electron chi connectivity index (χ1n) is 10.3. The number of hydrogen-bond donors (Lipinski definition) is 2. The van der Waals surface area contributed by atoms with Crippen LogP contribution in [0.15, 0.2) is 4.99 Å². The van der Waals surface area contributed by atoms with Crippen molar-refractivity contribution in [2.24, 2.45) is 16.3 Å². The summed E-state index contributed by atoms with van der Waals surface area (Å²) in [5.41, 5.74) is 0.160. The van der Waals surface area contributed by atoms with Crippen LogP contribution in [-0.2, 0) is 14.2 Å². The maximum Gasteiger partial charge on any atom is 0.191 e. The molecule has 2 fully saturated rings. The van der Waals surface area contributed by atoms with E-state index in [-0.39, 0.29) is 17.6 Å². The van der Waals surface area contributed by atoms with Crippen molar-refractivity contribution >= 4 is 5.96 Å². The van der Waals surface area contributed by atoms with E-state index in [1.165, 1.54) is 6.42 Å². The number of nitrogens with zero attached hydrogens (tertiary/aromatic N) is 1. The van der Waals surface area contributed by atoms with Crippen molar-refractivity contribution in [1.29, 1.82) is 0 Å². The molecule has 0 radical (unpaired) electrons.